The van der Waals surface area contributed by atoms with Crippen molar-refractivity contribution in [3.63, 3.8) is 0 Å². The van der Waals surface area contributed by atoms with Gasteiger partial charge in [-0.25, -0.2) is 22.3 Å². The molecule has 174 valence electrons. The van der Waals surface area contributed by atoms with E-state index in [2.05, 4.69) is 5.32 Å². The van der Waals surface area contributed by atoms with Gasteiger partial charge in [-0.3, -0.25) is 9.69 Å². The summed E-state index contributed by atoms with van der Waals surface area (Å²) in [7, 11) is -3.83. The third-order valence-corrected chi connectivity index (χ3v) is 6.10. The zero-order valence-corrected chi connectivity index (χ0v) is 18.9. The largest absolute Gasteiger partial charge is 0.325 e. The first-order valence-corrected chi connectivity index (χ1v) is 11.9. The third kappa shape index (κ3) is 6.92. The van der Waals surface area contributed by atoms with Gasteiger partial charge in [-0.05, 0) is 66.1 Å². The van der Waals surface area contributed by atoms with E-state index in [1.807, 2.05) is 11.8 Å². The predicted octanol–water partition coefficient (Wildman–Crippen LogP) is 4.20. The minimum absolute atomic E-state index is 0.0245. The first kappa shape index (κ1) is 24.5. The number of halogens is 2. The number of nitrogens with two attached hydrogens (primary N) is 1. The van der Waals surface area contributed by atoms with Gasteiger partial charge in [-0.2, -0.15) is 0 Å². The molecule has 33 heavy (non-hydrogen) atoms. The lowest BCUT2D eigenvalue weighted by atomic mass is 10.0. The van der Waals surface area contributed by atoms with E-state index in [-0.39, 0.29) is 35.0 Å². The SMILES string of the molecule is CC[C@H](c1ccc(F)cc1)N(CC(=O)Nc1ccc(S(N)(=O)=O)cc1)Cc1cccc(F)c1. The number of primary sulfonamides is 1. The fourth-order valence-corrected chi connectivity index (χ4v) is 4.16. The van der Waals surface area contributed by atoms with Crippen LogP contribution in [0.25, 0.3) is 0 Å². The summed E-state index contributed by atoms with van der Waals surface area (Å²) in [5.41, 5.74) is 1.94. The van der Waals surface area contributed by atoms with E-state index in [9.17, 15) is 22.0 Å². The number of benzene rings is 3. The Balaban J connectivity index is 1.81. The predicted molar refractivity (Wildman–Crippen MR) is 123 cm³/mol. The molecule has 0 aromatic heterocycles. The summed E-state index contributed by atoms with van der Waals surface area (Å²) in [6.07, 6.45) is 0.636. The van der Waals surface area contributed by atoms with Crippen LogP contribution in [0.2, 0.25) is 0 Å². The first-order valence-electron chi connectivity index (χ1n) is 10.3. The Kier molecular flexibility index (Phi) is 7.91. The number of hydrogen-bond donors (Lipinski definition) is 2. The maximum atomic E-state index is 13.7. The van der Waals surface area contributed by atoms with Crippen LogP contribution in [0.3, 0.4) is 0 Å². The highest BCUT2D eigenvalue weighted by atomic mass is 32.2. The van der Waals surface area contributed by atoms with Crippen LogP contribution in [0.1, 0.15) is 30.5 Å². The first-order chi connectivity index (χ1) is 15.7. The van der Waals surface area contributed by atoms with Gasteiger partial charge in [-0.15, -0.1) is 0 Å². The highest BCUT2D eigenvalue weighted by Crippen LogP contribution is 2.26. The minimum atomic E-state index is -3.83. The molecule has 0 aliphatic carbocycles. The molecular weight excluding hydrogens is 448 g/mol. The lowest BCUT2D eigenvalue weighted by molar-refractivity contribution is -0.118. The van der Waals surface area contributed by atoms with E-state index >= 15 is 0 Å². The molecule has 0 bridgehead atoms. The molecule has 0 aliphatic rings. The molecule has 3 N–H and O–H groups in total. The van der Waals surface area contributed by atoms with Gasteiger partial charge in [-0.1, -0.05) is 31.2 Å². The average Bonchev–Trinajstić information content (AvgIpc) is 2.75. The van der Waals surface area contributed by atoms with Crippen molar-refractivity contribution in [3.05, 3.63) is 95.6 Å². The fourth-order valence-electron chi connectivity index (χ4n) is 3.65. The van der Waals surface area contributed by atoms with Crippen LogP contribution in [0.5, 0.6) is 0 Å². The van der Waals surface area contributed by atoms with E-state index in [1.54, 1.807) is 24.3 Å². The van der Waals surface area contributed by atoms with Crippen LogP contribution in [0.15, 0.2) is 77.7 Å². The third-order valence-electron chi connectivity index (χ3n) is 5.17. The zero-order chi connectivity index (χ0) is 24.0. The van der Waals surface area contributed by atoms with Crippen molar-refractivity contribution in [2.24, 2.45) is 5.14 Å². The van der Waals surface area contributed by atoms with Crippen LogP contribution in [-0.2, 0) is 21.4 Å². The van der Waals surface area contributed by atoms with Gasteiger partial charge < -0.3 is 5.32 Å². The number of carbonyl (C=O) groups is 1. The maximum Gasteiger partial charge on any atom is 0.238 e. The van der Waals surface area contributed by atoms with Crippen molar-refractivity contribution in [1.82, 2.24) is 4.90 Å². The molecule has 0 aliphatic heterocycles. The smallest absolute Gasteiger partial charge is 0.238 e. The topological polar surface area (TPSA) is 92.5 Å². The van der Waals surface area contributed by atoms with Gasteiger partial charge >= 0.3 is 0 Å². The summed E-state index contributed by atoms with van der Waals surface area (Å²) >= 11 is 0. The second-order valence-corrected chi connectivity index (χ2v) is 9.19. The number of anilines is 1. The average molecular weight is 474 g/mol. The molecule has 1 atom stereocenters. The van der Waals surface area contributed by atoms with E-state index in [4.69, 9.17) is 5.14 Å². The molecule has 0 saturated heterocycles. The van der Waals surface area contributed by atoms with Gasteiger partial charge in [0.2, 0.25) is 15.9 Å². The lowest BCUT2D eigenvalue weighted by Crippen LogP contribution is -2.36. The number of hydrogen-bond acceptors (Lipinski definition) is 4. The Hall–Kier alpha value is -3.14. The molecule has 0 unspecified atom stereocenters. The molecular formula is C24H25F2N3O3S. The summed E-state index contributed by atoms with van der Waals surface area (Å²) in [6, 6.07) is 17.5. The van der Waals surface area contributed by atoms with Crippen LogP contribution < -0.4 is 10.5 Å². The Morgan fingerprint density at radius 2 is 1.67 bits per heavy atom. The standard InChI is InChI=1S/C24H25F2N3O3S/c1-2-23(18-6-8-19(25)9-7-18)29(15-17-4-3-5-20(26)14-17)16-24(30)28-21-10-12-22(13-11-21)33(27,31)32/h3-14,23H,2,15-16H2,1H3,(H,28,30)(H2,27,31,32)/t23-/m1/s1. The maximum absolute atomic E-state index is 13.7. The Morgan fingerprint density at radius 3 is 2.24 bits per heavy atom. The lowest BCUT2D eigenvalue weighted by Gasteiger charge is -2.31. The zero-order valence-electron chi connectivity index (χ0n) is 18.0. The van der Waals surface area contributed by atoms with E-state index in [1.165, 1.54) is 48.5 Å². The summed E-state index contributed by atoms with van der Waals surface area (Å²) in [4.78, 5) is 14.7. The van der Waals surface area contributed by atoms with Gasteiger partial charge in [0.25, 0.3) is 0 Å². The van der Waals surface area contributed by atoms with Crippen LogP contribution in [0.4, 0.5) is 14.5 Å². The molecule has 0 heterocycles. The van der Waals surface area contributed by atoms with Gasteiger partial charge in [0.15, 0.2) is 0 Å². The Bertz CT molecular complexity index is 1200. The van der Waals surface area contributed by atoms with Crippen LogP contribution in [0, 0.1) is 11.6 Å². The number of nitrogens with zero attached hydrogens (tertiary/aromatic N) is 1. The highest BCUT2D eigenvalue weighted by molar-refractivity contribution is 7.89. The van der Waals surface area contributed by atoms with Crippen molar-refractivity contribution in [2.45, 2.75) is 30.8 Å². The molecule has 9 heteroatoms. The number of amides is 1. The molecule has 0 saturated carbocycles. The number of carbonyl (C=O) groups excluding carboxylic acids is 1. The van der Waals surface area contributed by atoms with Crippen molar-refractivity contribution in [2.75, 3.05) is 11.9 Å². The van der Waals surface area contributed by atoms with Gasteiger partial charge in [0.05, 0.1) is 11.4 Å². The van der Waals surface area contributed by atoms with E-state index in [0.29, 0.717) is 24.2 Å². The van der Waals surface area contributed by atoms with E-state index < -0.39 is 10.0 Å². The van der Waals surface area contributed by atoms with Crippen molar-refractivity contribution < 1.29 is 22.0 Å². The fraction of sp³-hybridized carbons (Fsp3) is 0.208. The quantitative estimate of drug-likeness (QED) is 0.487. The molecule has 6 nitrogen and oxygen atoms in total. The summed E-state index contributed by atoms with van der Waals surface area (Å²) in [6.45, 7) is 2.23. The van der Waals surface area contributed by atoms with Crippen LogP contribution in [-0.4, -0.2) is 25.8 Å². The normalized spacial score (nSPS) is 12.5. The number of sulfonamides is 1. The van der Waals surface area contributed by atoms with Gasteiger partial charge in [0, 0.05) is 18.3 Å². The Morgan fingerprint density at radius 1 is 1.00 bits per heavy atom. The minimum Gasteiger partial charge on any atom is -0.325 e. The second-order valence-electron chi connectivity index (χ2n) is 7.63. The molecule has 1 amide bonds. The van der Waals surface area contributed by atoms with E-state index in [0.717, 1.165) is 5.56 Å². The molecule has 0 spiro atoms. The van der Waals surface area contributed by atoms with Crippen molar-refractivity contribution >= 4 is 21.6 Å². The summed E-state index contributed by atoms with van der Waals surface area (Å²) in [5.74, 6) is -1.07. The molecule has 3 aromatic carbocycles. The van der Waals surface area contributed by atoms with Crippen molar-refractivity contribution in [3.8, 4) is 0 Å². The monoisotopic (exact) mass is 473 g/mol. The van der Waals surface area contributed by atoms with Crippen molar-refractivity contribution in [1.29, 1.82) is 0 Å². The molecule has 0 radical (unpaired) electrons. The number of rotatable bonds is 9. The van der Waals surface area contributed by atoms with Crippen LogP contribution >= 0.6 is 0 Å². The summed E-state index contributed by atoms with van der Waals surface area (Å²) in [5, 5.41) is 7.84. The second kappa shape index (κ2) is 10.7. The van der Waals surface area contributed by atoms with Gasteiger partial charge in [0.1, 0.15) is 11.6 Å². The molecule has 3 aromatic rings. The Labute approximate surface area is 192 Å². The molecule has 3 rings (SSSR count). The highest BCUT2D eigenvalue weighted by Gasteiger charge is 2.22. The summed E-state index contributed by atoms with van der Waals surface area (Å²) < 4.78 is 50.0. The number of nitrogens with one attached hydrogen (secondary N) is 1. The molecule has 0 fully saturated rings.